The number of hydrogen-bond acceptors (Lipinski definition) is 1. The van der Waals surface area contributed by atoms with Crippen molar-refractivity contribution in [1.29, 1.82) is 0 Å². The van der Waals surface area contributed by atoms with Crippen LogP contribution in [-0.4, -0.2) is 4.57 Å². The van der Waals surface area contributed by atoms with Crippen LogP contribution in [0.1, 0.15) is 0 Å². The average Bonchev–Trinajstić information content (AvgIpc) is 3.73. The Labute approximate surface area is 385 Å². The Bertz CT molecular complexity index is 3680. The largest absolute Gasteiger partial charge is 0.310 e. The van der Waals surface area contributed by atoms with Crippen molar-refractivity contribution >= 4 is 49.6 Å². The molecule has 0 bridgehead atoms. The van der Waals surface area contributed by atoms with Crippen LogP contribution in [0.15, 0.2) is 267 Å². The molecule has 11 aromatic carbocycles. The highest BCUT2D eigenvalue weighted by Gasteiger charge is 2.23. The summed E-state index contributed by atoms with van der Waals surface area (Å²) in [6, 6.07) is 97.0. The summed E-state index contributed by atoms with van der Waals surface area (Å²) in [5.74, 6) is 0. The lowest BCUT2D eigenvalue weighted by Crippen LogP contribution is -2.12. The molecule has 66 heavy (non-hydrogen) atoms. The van der Waals surface area contributed by atoms with Gasteiger partial charge in [0, 0.05) is 33.4 Å². The van der Waals surface area contributed by atoms with Gasteiger partial charge in [-0.2, -0.15) is 0 Å². The summed E-state index contributed by atoms with van der Waals surface area (Å²) < 4.78 is 2.37. The molecular formula is C64H44N2. The lowest BCUT2D eigenvalue weighted by atomic mass is 9.87. The standard InChI is InChI=1S/C64H44N2/c1-4-19-46(20-5-1)55-30-12-13-32-59(55)64-57(48-21-6-2-7-22-48)34-18-36-63(64)65(53-28-16-25-50(43-53)56-33-17-24-47-23-10-11-29-54(47)56)52-40-37-45(38-41-52)49-39-42-62-60(44-49)58-31-14-15-35-61(58)66(62)51-26-8-3-9-27-51/h1-44H. The lowest BCUT2D eigenvalue weighted by Gasteiger charge is -2.30. The van der Waals surface area contributed by atoms with Crippen molar-refractivity contribution in [2.75, 3.05) is 4.90 Å². The topological polar surface area (TPSA) is 8.17 Å². The zero-order chi connectivity index (χ0) is 43.8. The number of nitrogens with zero attached hydrogens (tertiary/aromatic N) is 2. The smallest absolute Gasteiger partial charge is 0.0546 e. The fourth-order valence-electron chi connectivity index (χ4n) is 9.97. The van der Waals surface area contributed by atoms with E-state index in [2.05, 4.69) is 276 Å². The van der Waals surface area contributed by atoms with Crippen molar-refractivity contribution in [3.8, 4) is 61.3 Å². The molecule has 0 aliphatic heterocycles. The van der Waals surface area contributed by atoms with Gasteiger partial charge in [0.05, 0.1) is 16.7 Å². The highest BCUT2D eigenvalue weighted by molar-refractivity contribution is 6.10. The Hall–Kier alpha value is -8.72. The molecule has 2 heteroatoms. The van der Waals surface area contributed by atoms with Crippen LogP contribution in [0.3, 0.4) is 0 Å². The quantitative estimate of drug-likeness (QED) is 0.141. The van der Waals surface area contributed by atoms with E-state index in [1.165, 1.54) is 82.6 Å². The number of para-hydroxylation sites is 2. The van der Waals surface area contributed by atoms with Gasteiger partial charge in [-0.1, -0.05) is 206 Å². The van der Waals surface area contributed by atoms with Crippen molar-refractivity contribution < 1.29 is 0 Å². The zero-order valence-electron chi connectivity index (χ0n) is 36.3. The second-order valence-electron chi connectivity index (χ2n) is 16.9. The van der Waals surface area contributed by atoms with Gasteiger partial charge >= 0.3 is 0 Å². The number of aromatic nitrogens is 1. The maximum absolute atomic E-state index is 2.46. The molecule has 0 radical (unpaired) electrons. The van der Waals surface area contributed by atoms with Gasteiger partial charge in [0.15, 0.2) is 0 Å². The Kier molecular flexibility index (Phi) is 9.89. The average molecular weight is 841 g/mol. The highest BCUT2D eigenvalue weighted by Crippen LogP contribution is 2.49. The minimum absolute atomic E-state index is 1.07. The van der Waals surface area contributed by atoms with Gasteiger partial charge < -0.3 is 9.47 Å². The summed E-state index contributed by atoms with van der Waals surface area (Å²) >= 11 is 0. The first-order chi connectivity index (χ1) is 32.8. The van der Waals surface area contributed by atoms with E-state index in [9.17, 15) is 0 Å². The molecule has 12 aromatic rings. The van der Waals surface area contributed by atoms with Crippen LogP contribution in [-0.2, 0) is 0 Å². The molecule has 2 nitrogen and oxygen atoms in total. The molecule has 0 aliphatic rings. The highest BCUT2D eigenvalue weighted by atomic mass is 15.1. The fourth-order valence-corrected chi connectivity index (χ4v) is 9.97. The third-order valence-corrected chi connectivity index (χ3v) is 13.0. The van der Waals surface area contributed by atoms with Gasteiger partial charge in [-0.3, -0.25) is 0 Å². The Balaban J connectivity index is 1.06. The van der Waals surface area contributed by atoms with Crippen molar-refractivity contribution in [2.45, 2.75) is 0 Å². The molecule has 0 amide bonds. The van der Waals surface area contributed by atoms with Gasteiger partial charge in [-0.15, -0.1) is 0 Å². The normalized spacial score (nSPS) is 11.3. The van der Waals surface area contributed by atoms with Crippen molar-refractivity contribution in [1.82, 2.24) is 4.57 Å². The van der Waals surface area contributed by atoms with Gasteiger partial charge in [-0.25, -0.2) is 0 Å². The number of benzene rings is 11. The predicted octanol–water partition coefficient (Wildman–Crippen LogP) is 17.7. The van der Waals surface area contributed by atoms with Crippen LogP contribution in [0, 0.1) is 0 Å². The van der Waals surface area contributed by atoms with Crippen LogP contribution < -0.4 is 4.90 Å². The zero-order valence-corrected chi connectivity index (χ0v) is 36.3. The molecule has 0 spiro atoms. The number of fused-ring (bicyclic) bond motifs is 4. The summed E-state index contributed by atoms with van der Waals surface area (Å²) in [6.45, 7) is 0. The molecule has 0 atom stereocenters. The van der Waals surface area contributed by atoms with E-state index >= 15 is 0 Å². The summed E-state index contributed by atoms with van der Waals surface area (Å²) in [6.07, 6.45) is 0. The van der Waals surface area contributed by atoms with Crippen LogP contribution in [0.2, 0.25) is 0 Å². The molecule has 0 unspecified atom stereocenters. The Morgan fingerprint density at radius 3 is 1.61 bits per heavy atom. The van der Waals surface area contributed by atoms with Crippen molar-refractivity contribution in [3.63, 3.8) is 0 Å². The summed E-state index contributed by atoms with van der Waals surface area (Å²) in [7, 11) is 0. The van der Waals surface area contributed by atoms with Crippen LogP contribution in [0.25, 0.3) is 93.9 Å². The van der Waals surface area contributed by atoms with E-state index in [1.807, 2.05) is 0 Å². The summed E-state index contributed by atoms with van der Waals surface area (Å²) in [4.78, 5) is 2.46. The molecule has 0 aliphatic carbocycles. The number of rotatable bonds is 9. The molecular weight excluding hydrogens is 797 g/mol. The molecule has 0 saturated heterocycles. The number of anilines is 3. The second-order valence-corrected chi connectivity index (χ2v) is 16.9. The molecule has 0 saturated carbocycles. The fraction of sp³-hybridized carbons (Fsp3) is 0. The third-order valence-electron chi connectivity index (χ3n) is 13.0. The Morgan fingerprint density at radius 2 is 0.818 bits per heavy atom. The SMILES string of the molecule is c1ccc(-c2ccccc2-c2c(-c3ccccc3)cccc2N(c2ccc(-c3ccc4c(c3)c3ccccc3n4-c3ccccc3)cc2)c2cccc(-c3cccc4ccccc34)c2)cc1. The van der Waals surface area contributed by atoms with Crippen molar-refractivity contribution in [3.05, 3.63) is 267 Å². The molecule has 0 N–H and O–H groups in total. The van der Waals surface area contributed by atoms with Gasteiger partial charge in [0.2, 0.25) is 0 Å². The van der Waals surface area contributed by atoms with Crippen LogP contribution in [0.5, 0.6) is 0 Å². The van der Waals surface area contributed by atoms with Gasteiger partial charge in [-0.05, 0) is 122 Å². The van der Waals surface area contributed by atoms with E-state index < -0.39 is 0 Å². The second kappa shape index (κ2) is 16.8. The first-order valence-electron chi connectivity index (χ1n) is 22.7. The molecule has 12 rings (SSSR count). The summed E-state index contributed by atoms with van der Waals surface area (Å²) in [5.41, 5.74) is 18.6. The van der Waals surface area contributed by atoms with Gasteiger partial charge in [0.25, 0.3) is 0 Å². The van der Waals surface area contributed by atoms with E-state index in [0.29, 0.717) is 0 Å². The van der Waals surface area contributed by atoms with Gasteiger partial charge in [0.1, 0.15) is 0 Å². The van der Waals surface area contributed by atoms with E-state index in [0.717, 1.165) is 28.3 Å². The molecule has 0 fully saturated rings. The molecule has 1 heterocycles. The third kappa shape index (κ3) is 6.93. The Morgan fingerprint density at radius 1 is 0.273 bits per heavy atom. The summed E-state index contributed by atoms with van der Waals surface area (Å²) in [5, 5.41) is 4.95. The first-order valence-corrected chi connectivity index (χ1v) is 22.7. The minimum atomic E-state index is 1.07. The van der Waals surface area contributed by atoms with Crippen LogP contribution in [0.4, 0.5) is 17.1 Å². The maximum atomic E-state index is 2.46. The lowest BCUT2D eigenvalue weighted by molar-refractivity contribution is 1.18. The van der Waals surface area contributed by atoms with E-state index in [1.54, 1.807) is 0 Å². The minimum Gasteiger partial charge on any atom is -0.310 e. The van der Waals surface area contributed by atoms with E-state index in [4.69, 9.17) is 0 Å². The van der Waals surface area contributed by atoms with Crippen molar-refractivity contribution in [2.24, 2.45) is 0 Å². The first kappa shape index (κ1) is 38.9. The van der Waals surface area contributed by atoms with E-state index in [-0.39, 0.29) is 0 Å². The monoisotopic (exact) mass is 840 g/mol. The van der Waals surface area contributed by atoms with Crippen LogP contribution >= 0.6 is 0 Å². The number of hydrogen-bond donors (Lipinski definition) is 0. The molecule has 1 aromatic heterocycles. The predicted molar refractivity (Wildman–Crippen MR) is 280 cm³/mol. The maximum Gasteiger partial charge on any atom is 0.0546 e. The molecule has 310 valence electrons.